The van der Waals surface area contributed by atoms with Gasteiger partial charge in [-0.1, -0.05) is 71.0 Å². The Kier molecular flexibility index (Phi) is 11.3. The Hall–Kier alpha value is -4.80. The molecule has 8 rings (SSSR count). The van der Waals surface area contributed by atoms with E-state index < -0.39 is 0 Å². The van der Waals surface area contributed by atoms with Crippen molar-refractivity contribution in [1.82, 2.24) is 29.4 Å². The quantitative estimate of drug-likeness (QED) is 0.136. The minimum atomic E-state index is 0.831. The van der Waals surface area contributed by atoms with E-state index in [4.69, 9.17) is 19.0 Å². The molecule has 0 bridgehead atoms. The number of halogens is 2. The fourth-order valence-electron chi connectivity index (χ4n) is 7.44. The van der Waals surface area contributed by atoms with E-state index in [1.165, 1.54) is 11.1 Å². The van der Waals surface area contributed by atoms with Crippen LogP contribution in [-0.2, 0) is 25.9 Å². The molecule has 4 aromatic carbocycles. The van der Waals surface area contributed by atoms with Crippen LogP contribution < -0.4 is 0 Å². The summed E-state index contributed by atoms with van der Waals surface area (Å²) in [4.78, 5) is 9.59. The second-order valence-corrected chi connectivity index (χ2v) is 15.6. The molecular formula is C44H44Br2N6O2. The van der Waals surface area contributed by atoms with E-state index in [9.17, 15) is 0 Å². The molecule has 0 aliphatic rings. The first-order chi connectivity index (χ1) is 26.1. The highest BCUT2D eigenvalue weighted by Crippen LogP contribution is 2.36. The zero-order chi connectivity index (χ0) is 37.9. The molecule has 8 nitrogen and oxygen atoms in total. The summed E-state index contributed by atoms with van der Waals surface area (Å²) in [7, 11) is 0. The second-order valence-electron chi connectivity index (χ2n) is 13.8. The van der Waals surface area contributed by atoms with E-state index in [0.29, 0.717) is 0 Å². The summed E-state index contributed by atoms with van der Waals surface area (Å²) in [6.07, 6.45) is 4.28. The van der Waals surface area contributed by atoms with Crippen LogP contribution >= 0.6 is 31.9 Å². The Labute approximate surface area is 332 Å². The van der Waals surface area contributed by atoms with Crippen molar-refractivity contribution in [3.05, 3.63) is 140 Å². The van der Waals surface area contributed by atoms with Gasteiger partial charge in [-0.15, -0.1) is 0 Å². The predicted octanol–water partition coefficient (Wildman–Crippen LogP) is 12.0. The first kappa shape index (κ1) is 37.5. The normalized spacial score (nSPS) is 11.4. The number of rotatable bonds is 10. The van der Waals surface area contributed by atoms with Crippen molar-refractivity contribution in [2.45, 2.75) is 80.3 Å². The molecule has 0 unspecified atom stereocenters. The second kappa shape index (κ2) is 16.3. The maximum Gasteiger partial charge on any atom is 0.141 e. The number of nitrogens with zero attached hydrogens (tertiary/aromatic N) is 6. The average molecular weight is 849 g/mol. The van der Waals surface area contributed by atoms with Gasteiger partial charge in [-0.3, -0.25) is 0 Å². The lowest BCUT2D eigenvalue weighted by atomic mass is 10.0. The number of benzene rings is 4. The van der Waals surface area contributed by atoms with Gasteiger partial charge < -0.3 is 18.2 Å². The highest BCUT2D eigenvalue weighted by Gasteiger charge is 2.19. The predicted molar refractivity (Wildman–Crippen MR) is 224 cm³/mol. The zero-order valence-electron chi connectivity index (χ0n) is 31.6. The summed E-state index contributed by atoms with van der Waals surface area (Å²) in [5, 5.41) is 8.18. The van der Waals surface area contributed by atoms with E-state index in [1.54, 1.807) is 0 Å². The molecule has 0 aliphatic carbocycles. The fourth-order valence-corrected chi connectivity index (χ4v) is 8.64. The third kappa shape index (κ3) is 7.86. The number of hydrogen-bond donors (Lipinski definition) is 0. The average Bonchev–Trinajstić information content (AvgIpc) is 3.88. The van der Waals surface area contributed by atoms with Crippen molar-refractivity contribution in [3.8, 4) is 22.3 Å². The molecule has 0 saturated heterocycles. The van der Waals surface area contributed by atoms with Crippen LogP contribution in [0.25, 0.3) is 44.3 Å². The first-order valence-electron chi connectivity index (χ1n) is 18.4. The van der Waals surface area contributed by atoms with Crippen molar-refractivity contribution in [3.63, 3.8) is 0 Å². The largest absolute Gasteiger partial charge is 0.361 e. The summed E-state index contributed by atoms with van der Waals surface area (Å²) in [6.45, 7) is 13.9. The SMILES string of the molecule is Cc1noc(C)c1-c1cc(Br)c2c(c1)nc(C)n2CCCc1ccccc1.Cc1noc(C)c1-c1cc(Br)c2nc(C)n(CCCc3ccccc3)c2c1. The molecule has 0 aliphatic heterocycles. The first-order valence-corrected chi connectivity index (χ1v) is 19.9. The Bertz CT molecular complexity index is 2510. The Morgan fingerprint density at radius 1 is 0.574 bits per heavy atom. The van der Waals surface area contributed by atoms with Crippen LogP contribution in [0.5, 0.6) is 0 Å². The lowest BCUT2D eigenvalue weighted by Gasteiger charge is -2.09. The van der Waals surface area contributed by atoms with Crippen LogP contribution in [0.3, 0.4) is 0 Å². The lowest BCUT2D eigenvalue weighted by Crippen LogP contribution is -2.02. The van der Waals surface area contributed by atoms with Crippen LogP contribution in [0.4, 0.5) is 0 Å². The monoisotopic (exact) mass is 846 g/mol. The topological polar surface area (TPSA) is 87.7 Å². The van der Waals surface area contributed by atoms with Gasteiger partial charge in [0.2, 0.25) is 0 Å². The van der Waals surface area contributed by atoms with Gasteiger partial charge in [0.1, 0.15) is 28.7 Å². The Morgan fingerprint density at radius 2 is 1.07 bits per heavy atom. The molecule has 0 radical (unpaired) electrons. The maximum absolute atomic E-state index is 5.36. The summed E-state index contributed by atoms with van der Waals surface area (Å²) in [5.74, 6) is 3.74. The summed E-state index contributed by atoms with van der Waals surface area (Å²) < 4.78 is 17.4. The van der Waals surface area contributed by atoms with Crippen LogP contribution in [-0.4, -0.2) is 29.4 Å². The van der Waals surface area contributed by atoms with Crippen LogP contribution in [0.15, 0.2) is 103 Å². The molecule has 10 heteroatoms. The number of aryl methyl sites for hydroxylation is 10. The molecule has 54 heavy (non-hydrogen) atoms. The summed E-state index contributed by atoms with van der Waals surface area (Å²) in [6, 6.07) is 29.8. The van der Waals surface area contributed by atoms with Gasteiger partial charge in [-0.2, -0.15) is 0 Å². The number of aromatic nitrogens is 6. The van der Waals surface area contributed by atoms with E-state index in [0.717, 1.165) is 127 Å². The Balaban J connectivity index is 0.000000167. The minimum absolute atomic E-state index is 0.831. The van der Waals surface area contributed by atoms with Crippen LogP contribution in [0.1, 0.15) is 58.5 Å². The summed E-state index contributed by atoms with van der Waals surface area (Å²) in [5.41, 5.74) is 13.1. The minimum Gasteiger partial charge on any atom is -0.361 e. The van der Waals surface area contributed by atoms with Crippen molar-refractivity contribution in [2.75, 3.05) is 0 Å². The zero-order valence-corrected chi connectivity index (χ0v) is 34.8. The third-order valence-electron chi connectivity index (χ3n) is 10.0. The maximum atomic E-state index is 5.36. The summed E-state index contributed by atoms with van der Waals surface area (Å²) >= 11 is 7.48. The lowest BCUT2D eigenvalue weighted by molar-refractivity contribution is 0.393. The van der Waals surface area contributed by atoms with Crippen molar-refractivity contribution in [1.29, 1.82) is 0 Å². The van der Waals surface area contributed by atoms with Crippen molar-refractivity contribution >= 4 is 53.9 Å². The van der Waals surface area contributed by atoms with E-state index in [1.807, 2.05) is 27.7 Å². The van der Waals surface area contributed by atoms with E-state index in [2.05, 4.69) is 150 Å². The molecule has 0 fully saturated rings. The van der Waals surface area contributed by atoms with Gasteiger partial charge in [-0.05, 0) is 146 Å². The van der Waals surface area contributed by atoms with Gasteiger partial charge in [0.25, 0.3) is 0 Å². The molecule has 4 aromatic heterocycles. The van der Waals surface area contributed by atoms with Crippen LogP contribution in [0.2, 0.25) is 0 Å². The number of fused-ring (bicyclic) bond motifs is 2. The standard InChI is InChI=1S/2C22H22BrN3O/c1-14-21(15(2)27-25-14)18-12-19(23)22-20(13-18)26(16(3)24-22)11-7-10-17-8-5-4-6-9-17;1-14-21(15(2)27-25-14)18-12-19(23)22-20(13-18)24-16(3)26(22)11-7-10-17-8-5-4-6-9-17/h2*4-6,8-9,12-13H,7,10-11H2,1-3H3. The molecule has 4 heterocycles. The van der Waals surface area contributed by atoms with Gasteiger partial charge in [0.05, 0.1) is 27.9 Å². The van der Waals surface area contributed by atoms with Gasteiger partial charge in [-0.25, -0.2) is 9.97 Å². The number of hydrogen-bond acceptors (Lipinski definition) is 6. The molecule has 0 N–H and O–H groups in total. The molecule has 0 spiro atoms. The molecule has 0 atom stereocenters. The third-order valence-corrected chi connectivity index (χ3v) is 11.2. The van der Waals surface area contributed by atoms with E-state index >= 15 is 0 Å². The van der Waals surface area contributed by atoms with Gasteiger partial charge in [0.15, 0.2) is 0 Å². The highest BCUT2D eigenvalue weighted by atomic mass is 79.9. The number of imidazole rings is 2. The van der Waals surface area contributed by atoms with Crippen LogP contribution in [0, 0.1) is 41.5 Å². The molecular weight excluding hydrogens is 804 g/mol. The molecule has 276 valence electrons. The van der Waals surface area contributed by atoms with Gasteiger partial charge >= 0.3 is 0 Å². The molecule has 8 aromatic rings. The molecule has 0 amide bonds. The van der Waals surface area contributed by atoms with Crippen molar-refractivity contribution in [2.24, 2.45) is 0 Å². The Morgan fingerprint density at radius 3 is 1.61 bits per heavy atom. The van der Waals surface area contributed by atoms with Gasteiger partial charge in [0, 0.05) is 33.2 Å². The smallest absolute Gasteiger partial charge is 0.141 e. The van der Waals surface area contributed by atoms with E-state index in [-0.39, 0.29) is 0 Å². The highest BCUT2D eigenvalue weighted by molar-refractivity contribution is 9.11. The fraction of sp³-hybridized carbons (Fsp3) is 0.273. The molecule has 0 saturated carbocycles. The van der Waals surface area contributed by atoms with Crippen molar-refractivity contribution < 1.29 is 9.05 Å².